The number of carbonyl (C=O) groups excluding carboxylic acids is 6. The number of nitrogens with zero attached hydrogens (tertiary/aromatic N) is 4. The number of carbonyl (C=O) groups is 6. The molecule has 81 heavy (non-hydrogen) atoms. The molecule has 4 aliphatic rings. The molecule has 20 nitrogen and oxygen atoms in total. The molecule has 0 saturated carbocycles. The minimum absolute atomic E-state index is 0.0447. The molecule has 414 valence electrons. The Balaban J connectivity index is 1.23. The summed E-state index contributed by atoms with van der Waals surface area (Å²) in [4.78, 5) is 105. The predicted octanol–water partition coefficient (Wildman–Crippen LogP) is 7.15. The summed E-state index contributed by atoms with van der Waals surface area (Å²) in [6.45, 7) is 1.29. The lowest BCUT2D eigenvalue weighted by Gasteiger charge is -2.46. The molecule has 0 radical (unpaired) electrons. The van der Waals surface area contributed by atoms with Crippen LogP contribution in [0.1, 0.15) is 58.0 Å². The quantitative estimate of drug-likeness (QED) is 0.0259. The lowest BCUT2D eigenvalue weighted by molar-refractivity contribution is -0.384. The number of nitro groups is 1. The topological polar surface area (TPSA) is 243 Å². The van der Waals surface area contributed by atoms with Crippen LogP contribution >= 0.6 is 0 Å². The van der Waals surface area contributed by atoms with E-state index in [4.69, 9.17) is 28.4 Å². The number of esters is 3. The highest BCUT2D eigenvalue weighted by atomic mass is 16.6. The number of methoxy groups -OCH3 is 2. The fourth-order valence-corrected chi connectivity index (χ4v) is 11.5. The second-order valence-electron chi connectivity index (χ2n) is 19.5. The van der Waals surface area contributed by atoms with Gasteiger partial charge in [0.15, 0.2) is 5.92 Å². The van der Waals surface area contributed by atoms with E-state index in [2.05, 4.69) is 22.1 Å². The zero-order chi connectivity index (χ0) is 56.8. The number of para-hydroxylation sites is 1. The molecule has 2 N–H and O–H groups in total. The van der Waals surface area contributed by atoms with E-state index in [0.717, 1.165) is 24.8 Å². The molecule has 10 rings (SSSR count). The molecule has 4 aliphatic heterocycles. The molecule has 6 unspecified atom stereocenters. The second kappa shape index (κ2) is 23.9. The number of aliphatic hydroxyl groups excluding tert-OH is 1. The number of morpholine rings is 2. The van der Waals surface area contributed by atoms with Crippen LogP contribution in [0.4, 0.5) is 27.5 Å². The SMILES string of the molecule is COC(=O)C(CC#Cc1ccc2c(c1)C1(C(=O)N2C(=O)OCc2ccc([N+](=O)[O-])cc2)C(C(=O)Nc2ccc(N3CCOCC3)cc2)C2C(=O)OC(c3ccccc3)C(c3ccccc3)N2C1c1ccccc1OCCO)C(=O)OC. The van der Waals surface area contributed by atoms with Crippen molar-refractivity contribution in [1.82, 2.24) is 4.90 Å². The van der Waals surface area contributed by atoms with Crippen LogP contribution in [0.2, 0.25) is 0 Å². The molecule has 0 aliphatic carbocycles. The number of fused-ring (bicyclic) bond motifs is 3. The number of nitro benzene ring substituents is 1. The van der Waals surface area contributed by atoms with E-state index in [1.807, 2.05) is 65.6 Å². The third-order valence-corrected chi connectivity index (χ3v) is 15.0. The Hall–Kier alpha value is -9.42. The van der Waals surface area contributed by atoms with Crippen molar-refractivity contribution in [2.24, 2.45) is 11.8 Å². The summed E-state index contributed by atoms with van der Waals surface area (Å²) in [5.74, 6) is -1.56. The minimum atomic E-state index is -2.33. The van der Waals surface area contributed by atoms with E-state index in [0.29, 0.717) is 54.2 Å². The number of anilines is 3. The van der Waals surface area contributed by atoms with E-state index < -0.39 is 95.4 Å². The molecular weight excluding hydrogens is 1040 g/mol. The lowest BCUT2D eigenvalue weighted by Crippen LogP contribution is -2.54. The van der Waals surface area contributed by atoms with E-state index in [1.165, 1.54) is 42.5 Å². The van der Waals surface area contributed by atoms with Gasteiger partial charge in [-0.2, -0.15) is 0 Å². The third-order valence-electron chi connectivity index (χ3n) is 15.0. The number of imide groups is 1. The highest BCUT2D eigenvalue weighted by molar-refractivity contribution is 6.24. The van der Waals surface area contributed by atoms with Gasteiger partial charge in [-0.15, -0.1) is 0 Å². The predicted molar refractivity (Wildman–Crippen MR) is 291 cm³/mol. The summed E-state index contributed by atoms with van der Waals surface area (Å²) < 4.78 is 34.2. The zero-order valence-electron chi connectivity index (χ0n) is 44.0. The summed E-state index contributed by atoms with van der Waals surface area (Å²) in [7, 11) is 2.24. The van der Waals surface area contributed by atoms with Crippen molar-refractivity contribution >= 4 is 58.6 Å². The van der Waals surface area contributed by atoms with Crippen LogP contribution in [0.25, 0.3) is 0 Å². The van der Waals surface area contributed by atoms with E-state index in [1.54, 1.807) is 48.5 Å². The van der Waals surface area contributed by atoms with Crippen molar-refractivity contribution in [3.63, 3.8) is 0 Å². The molecule has 6 aromatic carbocycles. The zero-order valence-corrected chi connectivity index (χ0v) is 44.0. The number of nitrogens with one attached hydrogen (secondary N) is 1. The second-order valence-corrected chi connectivity index (χ2v) is 19.5. The number of ether oxygens (including phenoxy) is 6. The largest absolute Gasteiger partial charge is 0.491 e. The Morgan fingerprint density at radius 2 is 1.47 bits per heavy atom. The van der Waals surface area contributed by atoms with Crippen LogP contribution in [0.3, 0.4) is 0 Å². The Bertz CT molecular complexity index is 3400. The first-order chi connectivity index (χ1) is 39.4. The molecular formula is C61H55N5O15. The van der Waals surface area contributed by atoms with Gasteiger partial charge < -0.3 is 43.7 Å². The van der Waals surface area contributed by atoms with Gasteiger partial charge in [0.1, 0.15) is 36.5 Å². The maximum Gasteiger partial charge on any atom is 0.421 e. The number of hydrogen-bond acceptors (Lipinski definition) is 17. The van der Waals surface area contributed by atoms with Crippen molar-refractivity contribution in [3.05, 3.63) is 195 Å². The Morgan fingerprint density at radius 1 is 0.815 bits per heavy atom. The average molecular weight is 1100 g/mol. The summed E-state index contributed by atoms with van der Waals surface area (Å²) in [6.07, 6.45) is -2.60. The molecule has 3 fully saturated rings. The fraction of sp³-hybridized carbons (Fsp3) is 0.279. The average Bonchev–Trinajstić information content (AvgIpc) is 1.81. The van der Waals surface area contributed by atoms with Crippen molar-refractivity contribution < 1.29 is 67.2 Å². The van der Waals surface area contributed by atoms with Crippen LogP contribution in [-0.4, -0.2) is 111 Å². The number of amides is 3. The first-order valence-electron chi connectivity index (χ1n) is 26.1. The molecule has 20 heteroatoms. The Labute approximate surface area is 465 Å². The Morgan fingerprint density at radius 3 is 2.12 bits per heavy atom. The van der Waals surface area contributed by atoms with Gasteiger partial charge in [-0.3, -0.25) is 39.0 Å². The van der Waals surface area contributed by atoms with Crippen LogP contribution in [0, 0.1) is 33.8 Å². The number of benzene rings is 6. The molecule has 6 aromatic rings. The van der Waals surface area contributed by atoms with Crippen LogP contribution in [0.5, 0.6) is 5.75 Å². The smallest absolute Gasteiger partial charge is 0.421 e. The van der Waals surface area contributed by atoms with E-state index in [9.17, 15) is 24.8 Å². The van der Waals surface area contributed by atoms with Gasteiger partial charge in [0, 0.05) is 54.1 Å². The summed E-state index contributed by atoms with van der Waals surface area (Å²) in [6, 6.07) is 37.9. The molecule has 3 amide bonds. The van der Waals surface area contributed by atoms with Crippen molar-refractivity contribution in [2.75, 3.05) is 68.9 Å². The highest BCUT2D eigenvalue weighted by Gasteiger charge is 2.76. The Kier molecular flexibility index (Phi) is 16.2. The van der Waals surface area contributed by atoms with Gasteiger partial charge in [0.2, 0.25) is 11.8 Å². The normalized spacial score (nSPS) is 21.0. The maximum atomic E-state index is 16.9. The third kappa shape index (κ3) is 10.5. The number of aliphatic hydroxyl groups is 1. The minimum Gasteiger partial charge on any atom is -0.491 e. The summed E-state index contributed by atoms with van der Waals surface area (Å²) in [5.41, 5.74) is 0.721. The van der Waals surface area contributed by atoms with Crippen LogP contribution < -0.4 is 19.9 Å². The van der Waals surface area contributed by atoms with Crippen LogP contribution in [-0.2, 0) is 59.7 Å². The summed E-state index contributed by atoms with van der Waals surface area (Å²) in [5, 5.41) is 24.8. The molecule has 0 bridgehead atoms. The first-order valence-corrected chi connectivity index (χ1v) is 26.1. The van der Waals surface area contributed by atoms with Crippen molar-refractivity contribution in [1.29, 1.82) is 0 Å². The van der Waals surface area contributed by atoms with Crippen molar-refractivity contribution in [2.45, 2.75) is 42.7 Å². The van der Waals surface area contributed by atoms with Crippen LogP contribution in [0.15, 0.2) is 152 Å². The number of cyclic esters (lactones) is 1. The summed E-state index contributed by atoms with van der Waals surface area (Å²) >= 11 is 0. The van der Waals surface area contributed by atoms with Gasteiger partial charge in [-0.25, -0.2) is 9.69 Å². The van der Waals surface area contributed by atoms with Gasteiger partial charge in [-0.05, 0) is 82.9 Å². The van der Waals surface area contributed by atoms with Gasteiger partial charge in [-0.1, -0.05) is 90.7 Å². The standard InChI is InChI=1S/C61H55N5O15/c1-76-56(69)46(57(70)77-2)18-11-12-38-22-29-48-47(36-38)61(59(72)64(48)60(73)80-37-39-20-25-44(26-21-39)66(74)75)50(55(68)62-42-23-27-43(28-24-42)63-30-33-78-34-31-63)52-58(71)81-53(41-15-7-4-8-16-41)51(40-13-5-3-6-14-40)65(52)54(61)45-17-9-10-19-49(45)79-35-32-67/h3-10,13-17,19-29,36,46,50-54,67H,18,30-35,37H2,1-2H3,(H,62,68). The number of hydrogen-bond donors (Lipinski definition) is 2. The molecule has 0 aromatic heterocycles. The van der Waals surface area contributed by atoms with E-state index in [-0.39, 0.29) is 41.3 Å². The highest BCUT2D eigenvalue weighted by Crippen LogP contribution is 2.67. The number of non-ortho nitro benzene ring substituents is 1. The maximum absolute atomic E-state index is 16.9. The molecule has 6 atom stereocenters. The monoisotopic (exact) mass is 1100 g/mol. The molecule has 1 spiro atoms. The van der Waals surface area contributed by atoms with Gasteiger partial charge in [0.25, 0.3) is 5.69 Å². The fourth-order valence-electron chi connectivity index (χ4n) is 11.5. The van der Waals surface area contributed by atoms with E-state index >= 15 is 19.2 Å². The lowest BCUT2D eigenvalue weighted by atomic mass is 9.65. The van der Waals surface area contributed by atoms with Gasteiger partial charge >= 0.3 is 24.0 Å². The van der Waals surface area contributed by atoms with Crippen molar-refractivity contribution in [3.8, 4) is 17.6 Å². The molecule has 4 heterocycles. The van der Waals surface area contributed by atoms with Gasteiger partial charge in [0.05, 0.1) is 62.7 Å². The first kappa shape index (κ1) is 54.9. The molecule has 3 saturated heterocycles. The number of rotatable bonds is 15.